The summed E-state index contributed by atoms with van der Waals surface area (Å²) in [5, 5.41) is 0.782. The molecular formula is C23H29ClN3O+. The molecule has 2 aromatic carbocycles. The van der Waals surface area contributed by atoms with Crippen LogP contribution < -0.4 is 9.80 Å². The van der Waals surface area contributed by atoms with Crippen LogP contribution in [0.5, 0.6) is 0 Å². The van der Waals surface area contributed by atoms with Crippen LogP contribution >= 0.6 is 11.6 Å². The van der Waals surface area contributed by atoms with Gasteiger partial charge in [0, 0.05) is 23.8 Å². The van der Waals surface area contributed by atoms with Crippen molar-refractivity contribution >= 4 is 23.2 Å². The van der Waals surface area contributed by atoms with Crippen molar-refractivity contribution in [2.75, 3.05) is 37.6 Å². The van der Waals surface area contributed by atoms with E-state index in [4.69, 9.17) is 11.6 Å². The number of rotatable bonds is 3. The molecule has 0 unspecified atom stereocenters. The Balaban J connectivity index is 1.37. The quantitative estimate of drug-likeness (QED) is 0.859. The Morgan fingerprint density at radius 3 is 2.54 bits per heavy atom. The first-order valence-corrected chi connectivity index (χ1v) is 10.6. The zero-order valence-corrected chi connectivity index (χ0v) is 17.5. The van der Waals surface area contributed by atoms with Crippen LogP contribution in [0.15, 0.2) is 42.5 Å². The van der Waals surface area contributed by atoms with E-state index in [0.717, 1.165) is 50.7 Å². The van der Waals surface area contributed by atoms with Crippen LogP contribution in [0.2, 0.25) is 5.02 Å². The molecule has 2 aliphatic rings. The van der Waals surface area contributed by atoms with Crippen LogP contribution in [0.4, 0.5) is 5.69 Å². The molecule has 0 aromatic heterocycles. The molecule has 4 rings (SSSR count). The normalized spacial score (nSPS) is 18.7. The van der Waals surface area contributed by atoms with Gasteiger partial charge in [0.05, 0.1) is 26.2 Å². The number of piperazine rings is 1. The zero-order valence-electron chi connectivity index (χ0n) is 16.7. The summed E-state index contributed by atoms with van der Waals surface area (Å²) < 4.78 is 0. The monoisotopic (exact) mass is 398 g/mol. The summed E-state index contributed by atoms with van der Waals surface area (Å²) in [6.45, 7) is 9.67. The van der Waals surface area contributed by atoms with Crippen molar-refractivity contribution in [1.82, 2.24) is 4.90 Å². The number of carbonyl (C=O) groups excluding carboxylic acids is 1. The van der Waals surface area contributed by atoms with Crippen LogP contribution in [0, 0.1) is 6.92 Å². The van der Waals surface area contributed by atoms with Gasteiger partial charge in [0.1, 0.15) is 0 Å². The standard InChI is InChI=1S/C23H28ClN3O/c1-17-7-8-21(24)15-22(17)26-13-11-25(12-14-26)18(2)23(28)27-10-9-19-5-3-4-6-20(19)16-27/h3-8,15,18H,9-14,16H2,1-2H3/p+1/t18-/m0/s1. The highest BCUT2D eigenvalue weighted by Crippen LogP contribution is 2.24. The lowest BCUT2D eigenvalue weighted by molar-refractivity contribution is -0.915. The molecule has 1 fully saturated rings. The number of nitrogens with zero attached hydrogens (tertiary/aromatic N) is 2. The average molecular weight is 399 g/mol. The number of carbonyl (C=O) groups is 1. The number of nitrogens with one attached hydrogen (secondary N) is 1. The fourth-order valence-corrected chi connectivity index (χ4v) is 4.69. The molecule has 4 nitrogen and oxygen atoms in total. The number of quaternary nitrogens is 1. The van der Waals surface area contributed by atoms with Crippen molar-refractivity contribution in [3.8, 4) is 0 Å². The summed E-state index contributed by atoms with van der Waals surface area (Å²) in [5.74, 6) is 0.289. The topological polar surface area (TPSA) is 28.0 Å². The number of amides is 1. The zero-order chi connectivity index (χ0) is 19.7. The summed E-state index contributed by atoms with van der Waals surface area (Å²) in [5.41, 5.74) is 5.16. The maximum atomic E-state index is 13.1. The highest BCUT2D eigenvalue weighted by atomic mass is 35.5. The Hall–Kier alpha value is -2.04. The van der Waals surface area contributed by atoms with E-state index in [1.54, 1.807) is 0 Å². The van der Waals surface area contributed by atoms with Crippen LogP contribution in [-0.4, -0.2) is 49.6 Å². The molecule has 1 saturated heterocycles. The minimum Gasteiger partial charge on any atom is -0.360 e. The van der Waals surface area contributed by atoms with Gasteiger partial charge in [-0.3, -0.25) is 4.79 Å². The molecule has 0 radical (unpaired) electrons. The molecule has 2 aromatic rings. The third-order valence-corrected chi connectivity index (χ3v) is 6.58. The largest absolute Gasteiger partial charge is 0.360 e. The second-order valence-corrected chi connectivity index (χ2v) is 8.51. The van der Waals surface area contributed by atoms with Gasteiger partial charge in [0.25, 0.3) is 5.91 Å². The molecule has 0 spiro atoms. The number of hydrogen-bond donors (Lipinski definition) is 1. The smallest absolute Gasteiger partial charge is 0.280 e. The lowest BCUT2D eigenvalue weighted by atomic mass is 9.99. The summed E-state index contributed by atoms with van der Waals surface area (Å²) >= 11 is 6.20. The number of benzene rings is 2. The lowest BCUT2D eigenvalue weighted by Crippen LogP contribution is -3.19. The van der Waals surface area contributed by atoms with Crippen molar-refractivity contribution in [2.45, 2.75) is 32.9 Å². The van der Waals surface area contributed by atoms with Gasteiger partial charge in [-0.15, -0.1) is 0 Å². The van der Waals surface area contributed by atoms with Crippen molar-refractivity contribution in [3.63, 3.8) is 0 Å². The second-order valence-electron chi connectivity index (χ2n) is 8.08. The van der Waals surface area contributed by atoms with Crippen molar-refractivity contribution in [2.24, 2.45) is 0 Å². The minimum atomic E-state index is 0.00729. The van der Waals surface area contributed by atoms with Crippen LogP contribution in [0.3, 0.4) is 0 Å². The third-order valence-electron chi connectivity index (χ3n) is 6.34. The van der Waals surface area contributed by atoms with E-state index in [0.29, 0.717) is 0 Å². The lowest BCUT2D eigenvalue weighted by Gasteiger charge is -2.38. The Morgan fingerprint density at radius 2 is 1.79 bits per heavy atom. The number of fused-ring (bicyclic) bond motifs is 1. The molecule has 5 heteroatoms. The molecule has 2 heterocycles. The highest BCUT2D eigenvalue weighted by Gasteiger charge is 2.33. The number of aryl methyl sites for hydroxylation is 1. The molecule has 0 bridgehead atoms. The van der Waals surface area contributed by atoms with Gasteiger partial charge in [-0.25, -0.2) is 0 Å². The van der Waals surface area contributed by atoms with Crippen LogP contribution in [0.1, 0.15) is 23.6 Å². The Kier molecular flexibility index (Phi) is 5.61. The first kappa shape index (κ1) is 19.3. The van der Waals surface area contributed by atoms with Crippen molar-refractivity contribution in [1.29, 1.82) is 0 Å². The summed E-state index contributed by atoms with van der Waals surface area (Å²) in [6.07, 6.45) is 0.964. The van der Waals surface area contributed by atoms with E-state index in [-0.39, 0.29) is 11.9 Å². The summed E-state index contributed by atoms with van der Waals surface area (Å²) in [4.78, 5) is 19.0. The number of halogens is 1. The van der Waals surface area contributed by atoms with Crippen LogP contribution in [-0.2, 0) is 17.8 Å². The molecule has 0 saturated carbocycles. The second kappa shape index (κ2) is 8.14. The number of hydrogen-bond acceptors (Lipinski definition) is 2. The number of anilines is 1. The molecule has 28 heavy (non-hydrogen) atoms. The molecule has 1 N–H and O–H groups in total. The maximum Gasteiger partial charge on any atom is 0.280 e. The molecular weight excluding hydrogens is 370 g/mol. The van der Waals surface area contributed by atoms with Gasteiger partial charge in [0.15, 0.2) is 6.04 Å². The molecule has 2 aliphatic heterocycles. The van der Waals surface area contributed by atoms with Crippen molar-refractivity contribution in [3.05, 3.63) is 64.2 Å². The van der Waals surface area contributed by atoms with E-state index in [1.807, 2.05) is 11.0 Å². The molecule has 1 amide bonds. The van der Waals surface area contributed by atoms with Gasteiger partial charge in [-0.1, -0.05) is 41.9 Å². The first-order valence-electron chi connectivity index (χ1n) is 10.2. The fraction of sp³-hybridized carbons (Fsp3) is 0.435. The molecule has 1 atom stereocenters. The van der Waals surface area contributed by atoms with E-state index in [2.05, 4.69) is 55.1 Å². The van der Waals surface area contributed by atoms with E-state index in [1.165, 1.54) is 27.3 Å². The molecule has 148 valence electrons. The van der Waals surface area contributed by atoms with Crippen molar-refractivity contribution < 1.29 is 9.69 Å². The Bertz CT molecular complexity index is 861. The minimum absolute atomic E-state index is 0.00729. The third kappa shape index (κ3) is 3.89. The predicted octanol–water partition coefficient (Wildman–Crippen LogP) is 2.33. The Labute approximate surface area is 172 Å². The van der Waals surface area contributed by atoms with E-state index < -0.39 is 0 Å². The van der Waals surface area contributed by atoms with Crippen LogP contribution in [0.25, 0.3) is 0 Å². The summed E-state index contributed by atoms with van der Waals surface area (Å²) in [7, 11) is 0. The first-order chi connectivity index (χ1) is 13.5. The van der Waals surface area contributed by atoms with E-state index in [9.17, 15) is 4.79 Å². The fourth-order valence-electron chi connectivity index (χ4n) is 4.52. The molecule has 0 aliphatic carbocycles. The Morgan fingerprint density at radius 1 is 1.07 bits per heavy atom. The van der Waals surface area contributed by atoms with Gasteiger partial charge in [-0.05, 0) is 49.1 Å². The maximum absolute atomic E-state index is 13.1. The van der Waals surface area contributed by atoms with Gasteiger partial charge in [0.2, 0.25) is 0 Å². The van der Waals surface area contributed by atoms with E-state index >= 15 is 0 Å². The average Bonchev–Trinajstić information content (AvgIpc) is 2.74. The predicted molar refractivity (Wildman–Crippen MR) is 114 cm³/mol. The van der Waals surface area contributed by atoms with Gasteiger partial charge in [-0.2, -0.15) is 0 Å². The summed E-state index contributed by atoms with van der Waals surface area (Å²) in [6, 6.07) is 14.6. The SMILES string of the molecule is Cc1ccc(Cl)cc1N1CC[NH+]([C@@H](C)C(=O)N2CCc3ccccc3C2)CC1. The van der Waals surface area contributed by atoms with Gasteiger partial charge < -0.3 is 14.7 Å². The van der Waals surface area contributed by atoms with Gasteiger partial charge >= 0.3 is 0 Å². The highest BCUT2D eigenvalue weighted by molar-refractivity contribution is 6.30.